The molecule has 1 aromatic heterocycles. The summed E-state index contributed by atoms with van der Waals surface area (Å²) in [7, 11) is -2.92. The van der Waals surface area contributed by atoms with Crippen molar-refractivity contribution in [3.8, 4) is 5.69 Å². The first-order valence-corrected chi connectivity index (χ1v) is 11.9. The van der Waals surface area contributed by atoms with E-state index in [-0.39, 0.29) is 30.1 Å². The Morgan fingerprint density at radius 3 is 2.27 bits per heavy atom. The van der Waals surface area contributed by atoms with Crippen molar-refractivity contribution in [2.24, 2.45) is 0 Å². The number of sulfone groups is 1. The van der Waals surface area contributed by atoms with E-state index in [2.05, 4.69) is 4.90 Å². The summed E-state index contributed by atoms with van der Waals surface area (Å²) in [5.41, 5.74) is 1.33. The standard InChI is InChI=1S/C21H25N3O5S/c25-20(24-12-10-23(11-13-24)19-7-14-30(27,28)16-19)15-29-21(26)17-3-5-18(6-4-17)22-8-1-2-9-22/h1-6,8-9,19H,7,10-16H2. The monoisotopic (exact) mass is 431 g/mol. The summed E-state index contributed by atoms with van der Waals surface area (Å²) >= 11 is 0. The molecule has 160 valence electrons. The van der Waals surface area contributed by atoms with Gasteiger partial charge >= 0.3 is 5.97 Å². The van der Waals surface area contributed by atoms with Crippen LogP contribution in [-0.4, -0.2) is 85.0 Å². The maximum absolute atomic E-state index is 12.4. The summed E-state index contributed by atoms with van der Waals surface area (Å²) < 4.78 is 30.4. The first-order valence-electron chi connectivity index (χ1n) is 10.0. The summed E-state index contributed by atoms with van der Waals surface area (Å²) in [5, 5.41) is 0. The quantitative estimate of drug-likeness (QED) is 0.656. The Hall–Kier alpha value is -2.65. The molecule has 30 heavy (non-hydrogen) atoms. The van der Waals surface area contributed by atoms with Crippen LogP contribution in [0.3, 0.4) is 0 Å². The minimum Gasteiger partial charge on any atom is -0.452 e. The Morgan fingerprint density at radius 2 is 1.67 bits per heavy atom. The van der Waals surface area contributed by atoms with Gasteiger partial charge in [0.15, 0.2) is 16.4 Å². The molecule has 0 N–H and O–H groups in total. The lowest BCUT2D eigenvalue weighted by molar-refractivity contribution is -0.136. The fourth-order valence-corrected chi connectivity index (χ4v) is 5.74. The van der Waals surface area contributed by atoms with Gasteiger partial charge in [0.2, 0.25) is 0 Å². The van der Waals surface area contributed by atoms with E-state index in [1.165, 1.54) is 0 Å². The Balaban J connectivity index is 1.23. The molecule has 1 unspecified atom stereocenters. The van der Waals surface area contributed by atoms with Gasteiger partial charge in [-0.1, -0.05) is 0 Å². The molecule has 2 saturated heterocycles. The number of amides is 1. The van der Waals surface area contributed by atoms with Crippen molar-refractivity contribution < 1.29 is 22.7 Å². The maximum atomic E-state index is 12.4. The molecule has 8 nitrogen and oxygen atoms in total. The summed E-state index contributed by atoms with van der Waals surface area (Å²) in [6.07, 6.45) is 4.49. The van der Waals surface area contributed by atoms with Crippen molar-refractivity contribution in [2.45, 2.75) is 12.5 Å². The third kappa shape index (κ3) is 4.73. The van der Waals surface area contributed by atoms with Gasteiger partial charge in [0.05, 0.1) is 17.1 Å². The predicted octanol–water partition coefficient (Wildman–Crippen LogP) is 0.965. The number of esters is 1. The van der Waals surface area contributed by atoms with Crippen molar-refractivity contribution in [1.29, 1.82) is 0 Å². The van der Waals surface area contributed by atoms with E-state index in [0.29, 0.717) is 38.2 Å². The van der Waals surface area contributed by atoms with E-state index < -0.39 is 15.8 Å². The van der Waals surface area contributed by atoms with Crippen LogP contribution in [0.1, 0.15) is 16.8 Å². The summed E-state index contributed by atoms with van der Waals surface area (Å²) in [4.78, 5) is 28.5. The van der Waals surface area contributed by atoms with Gasteiger partial charge in [0.1, 0.15) is 0 Å². The third-order valence-electron chi connectivity index (χ3n) is 5.72. The van der Waals surface area contributed by atoms with Gasteiger partial charge in [-0.25, -0.2) is 13.2 Å². The van der Waals surface area contributed by atoms with Crippen molar-refractivity contribution in [2.75, 3.05) is 44.3 Å². The highest BCUT2D eigenvalue weighted by Gasteiger charge is 2.34. The lowest BCUT2D eigenvalue weighted by Gasteiger charge is -2.37. The molecule has 1 amide bonds. The Morgan fingerprint density at radius 1 is 1.00 bits per heavy atom. The summed E-state index contributed by atoms with van der Waals surface area (Å²) in [5.74, 6) is -0.302. The fraction of sp³-hybridized carbons (Fsp3) is 0.429. The zero-order chi connectivity index (χ0) is 21.1. The van der Waals surface area contributed by atoms with E-state index >= 15 is 0 Å². The Kier molecular flexibility index (Phi) is 5.92. The number of hydrogen-bond acceptors (Lipinski definition) is 6. The highest BCUT2D eigenvalue weighted by Crippen LogP contribution is 2.19. The zero-order valence-corrected chi connectivity index (χ0v) is 17.5. The number of carbonyl (C=O) groups is 2. The number of carbonyl (C=O) groups excluding carboxylic acids is 2. The number of aromatic nitrogens is 1. The van der Waals surface area contributed by atoms with Crippen LogP contribution in [0.15, 0.2) is 48.8 Å². The Labute approximate surface area is 175 Å². The van der Waals surface area contributed by atoms with Crippen LogP contribution in [0.4, 0.5) is 0 Å². The molecule has 0 saturated carbocycles. The largest absolute Gasteiger partial charge is 0.452 e. The molecular formula is C21H25N3O5S. The Bertz CT molecular complexity index is 994. The number of hydrogen-bond donors (Lipinski definition) is 0. The number of piperazine rings is 1. The minimum absolute atomic E-state index is 0.0552. The first kappa shape index (κ1) is 20.6. The van der Waals surface area contributed by atoms with E-state index in [1.807, 2.05) is 41.2 Å². The highest BCUT2D eigenvalue weighted by molar-refractivity contribution is 7.91. The van der Waals surface area contributed by atoms with Gasteiger partial charge < -0.3 is 14.2 Å². The van der Waals surface area contributed by atoms with Crippen LogP contribution in [-0.2, 0) is 19.4 Å². The molecule has 0 radical (unpaired) electrons. The smallest absolute Gasteiger partial charge is 0.338 e. The van der Waals surface area contributed by atoms with Gasteiger partial charge in [-0.3, -0.25) is 9.69 Å². The van der Waals surface area contributed by atoms with Crippen molar-refractivity contribution in [3.63, 3.8) is 0 Å². The van der Waals surface area contributed by atoms with Crippen LogP contribution in [0.2, 0.25) is 0 Å². The number of rotatable bonds is 5. The summed E-state index contributed by atoms with van der Waals surface area (Å²) in [6, 6.07) is 10.9. The molecule has 2 fully saturated rings. The van der Waals surface area contributed by atoms with Crippen LogP contribution >= 0.6 is 0 Å². The van der Waals surface area contributed by atoms with Crippen LogP contribution in [0.5, 0.6) is 0 Å². The van der Waals surface area contributed by atoms with Crippen molar-refractivity contribution >= 4 is 21.7 Å². The average molecular weight is 432 g/mol. The number of benzene rings is 1. The minimum atomic E-state index is -2.92. The molecule has 2 aromatic rings. The lowest BCUT2D eigenvalue weighted by Crippen LogP contribution is -2.53. The maximum Gasteiger partial charge on any atom is 0.338 e. The fourth-order valence-electron chi connectivity index (χ4n) is 3.98. The molecule has 0 aliphatic carbocycles. The topological polar surface area (TPSA) is 88.9 Å². The second-order valence-electron chi connectivity index (χ2n) is 7.69. The van der Waals surface area contributed by atoms with Crippen LogP contribution in [0, 0.1) is 0 Å². The molecule has 2 aliphatic rings. The van der Waals surface area contributed by atoms with Gasteiger partial charge in [0.25, 0.3) is 5.91 Å². The molecule has 0 spiro atoms. The third-order valence-corrected chi connectivity index (χ3v) is 7.47. The SMILES string of the molecule is O=C(OCC(=O)N1CCN(C2CCS(=O)(=O)C2)CC1)c1ccc(-n2cccc2)cc1. The molecule has 1 aromatic carbocycles. The molecule has 4 rings (SSSR count). The second-order valence-corrected chi connectivity index (χ2v) is 9.92. The molecule has 2 aliphatic heterocycles. The van der Waals surface area contributed by atoms with Crippen LogP contribution < -0.4 is 0 Å². The normalized spacial score (nSPS) is 21.5. The molecule has 9 heteroatoms. The summed E-state index contributed by atoms with van der Waals surface area (Å²) in [6.45, 7) is 2.01. The van der Waals surface area contributed by atoms with E-state index in [4.69, 9.17) is 4.74 Å². The van der Waals surface area contributed by atoms with Crippen LogP contribution in [0.25, 0.3) is 5.69 Å². The van der Waals surface area contributed by atoms with E-state index in [9.17, 15) is 18.0 Å². The van der Waals surface area contributed by atoms with Crippen molar-refractivity contribution in [1.82, 2.24) is 14.4 Å². The van der Waals surface area contributed by atoms with Gasteiger partial charge in [-0.15, -0.1) is 0 Å². The molecular weight excluding hydrogens is 406 g/mol. The van der Waals surface area contributed by atoms with E-state index in [0.717, 1.165) is 5.69 Å². The van der Waals surface area contributed by atoms with E-state index in [1.54, 1.807) is 17.0 Å². The molecule has 3 heterocycles. The highest BCUT2D eigenvalue weighted by atomic mass is 32.2. The number of ether oxygens (including phenoxy) is 1. The first-order chi connectivity index (χ1) is 14.4. The second kappa shape index (κ2) is 8.61. The zero-order valence-electron chi connectivity index (χ0n) is 16.6. The van der Waals surface area contributed by atoms with Gasteiger partial charge in [-0.05, 0) is 42.8 Å². The van der Waals surface area contributed by atoms with Gasteiger partial charge in [0, 0.05) is 50.3 Å². The lowest BCUT2D eigenvalue weighted by atomic mass is 10.2. The number of nitrogens with zero attached hydrogens (tertiary/aromatic N) is 3. The molecule has 1 atom stereocenters. The molecule has 0 bridgehead atoms. The predicted molar refractivity (Wildman–Crippen MR) is 111 cm³/mol. The van der Waals surface area contributed by atoms with Gasteiger partial charge in [-0.2, -0.15) is 0 Å². The van der Waals surface area contributed by atoms with Crippen molar-refractivity contribution in [3.05, 3.63) is 54.4 Å². The average Bonchev–Trinajstić information content (AvgIpc) is 3.42.